The Morgan fingerprint density at radius 3 is 2.61 bits per heavy atom. The average molecular weight is 246 g/mol. The van der Waals surface area contributed by atoms with Gasteiger partial charge in [-0.15, -0.1) is 0 Å². The Labute approximate surface area is 111 Å². The molecule has 1 N–H and O–H groups in total. The molecule has 2 heteroatoms. The molecule has 2 nitrogen and oxygen atoms in total. The van der Waals surface area contributed by atoms with Crippen molar-refractivity contribution < 1.29 is 0 Å². The number of nitrogens with zero attached hydrogens (tertiary/aromatic N) is 1. The first-order valence-electron chi connectivity index (χ1n) is 7.17. The highest BCUT2D eigenvalue weighted by molar-refractivity contribution is 5.14. The van der Waals surface area contributed by atoms with E-state index in [1.165, 1.54) is 25.1 Å². The van der Waals surface area contributed by atoms with Crippen LogP contribution in [0.4, 0.5) is 0 Å². The van der Waals surface area contributed by atoms with E-state index in [0.717, 1.165) is 12.5 Å². The van der Waals surface area contributed by atoms with Gasteiger partial charge in [-0.05, 0) is 24.4 Å². The van der Waals surface area contributed by atoms with Crippen LogP contribution >= 0.6 is 0 Å². The van der Waals surface area contributed by atoms with E-state index >= 15 is 0 Å². The maximum atomic E-state index is 3.69. The van der Waals surface area contributed by atoms with Crippen molar-refractivity contribution in [1.82, 2.24) is 10.2 Å². The van der Waals surface area contributed by atoms with Crippen LogP contribution in [0.15, 0.2) is 30.3 Å². The van der Waals surface area contributed by atoms with Gasteiger partial charge in [-0.3, -0.25) is 4.90 Å². The maximum absolute atomic E-state index is 3.69. The van der Waals surface area contributed by atoms with Gasteiger partial charge in [0.25, 0.3) is 0 Å². The van der Waals surface area contributed by atoms with Crippen LogP contribution in [0.2, 0.25) is 0 Å². The minimum absolute atomic E-state index is 0.595. The molecular weight excluding hydrogens is 220 g/mol. The smallest absolute Gasteiger partial charge is 0.0233 e. The second-order valence-electron chi connectivity index (χ2n) is 5.91. The summed E-state index contributed by atoms with van der Waals surface area (Å²) in [7, 11) is 0. The van der Waals surface area contributed by atoms with Crippen LogP contribution in [-0.2, 0) is 6.54 Å². The van der Waals surface area contributed by atoms with Crippen LogP contribution < -0.4 is 5.32 Å². The van der Waals surface area contributed by atoms with Crippen LogP contribution in [-0.4, -0.2) is 30.1 Å². The molecule has 1 fully saturated rings. The van der Waals surface area contributed by atoms with E-state index in [4.69, 9.17) is 0 Å². The summed E-state index contributed by atoms with van der Waals surface area (Å²) in [4.78, 5) is 2.58. The van der Waals surface area contributed by atoms with Crippen molar-refractivity contribution in [1.29, 1.82) is 0 Å². The van der Waals surface area contributed by atoms with Crippen molar-refractivity contribution in [3.63, 3.8) is 0 Å². The van der Waals surface area contributed by atoms with Crippen molar-refractivity contribution in [2.75, 3.05) is 13.1 Å². The van der Waals surface area contributed by atoms with Crippen molar-refractivity contribution >= 4 is 0 Å². The van der Waals surface area contributed by atoms with E-state index in [-0.39, 0.29) is 0 Å². The van der Waals surface area contributed by atoms with Gasteiger partial charge in [-0.1, -0.05) is 51.1 Å². The molecule has 1 aliphatic rings. The Balaban J connectivity index is 1.85. The van der Waals surface area contributed by atoms with Crippen LogP contribution in [0.5, 0.6) is 0 Å². The Morgan fingerprint density at radius 1 is 1.28 bits per heavy atom. The van der Waals surface area contributed by atoms with Crippen LogP contribution in [0.25, 0.3) is 0 Å². The maximum Gasteiger partial charge on any atom is 0.0233 e. The monoisotopic (exact) mass is 246 g/mol. The van der Waals surface area contributed by atoms with Gasteiger partial charge in [0.05, 0.1) is 0 Å². The Bertz CT molecular complexity index is 347. The molecule has 2 atom stereocenters. The lowest BCUT2D eigenvalue weighted by Gasteiger charge is -2.38. The molecule has 18 heavy (non-hydrogen) atoms. The fourth-order valence-electron chi connectivity index (χ4n) is 2.89. The number of hydrogen-bond acceptors (Lipinski definition) is 2. The summed E-state index contributed by atoms with van der Waals surface area (Å²) in [5.41, 5.74) is 1.43. The quantitative estimate of drug-likeness (QED) is 0.879. The van der Waals surface area contributed by atoms with Gasteiger partial charge in [0.2, 0.25) is 0 Å². The van der Waals surface area contributed by atoms with E-state index in [1.807, 2.05) is 0 Å². The van der Waals surface area contributed by atoms with Gasteiger partial charge in [0.1, 0.15) is 0 Å². The average Bonchev–Trinajstić information content (AvgIpc) is 2.33. The first kappa shape index (κ1) is 13.6. The lowest BCUT2D eigenvalue weighted by Crippen LogP contribution is -2.49. The van der Waals surface area contributed by atoms with E-state index in [2.05, 4.69) is 61.3 Å². The normalized spacial score (nSPS) is 25.6. The first-order valence-corrected chi connectivity index (χ1v) is 7.17. The zero-order valence-electron chi connectivity index (χ0n) is 11.9. The number of benzene rings is 1. The first-order chi connectivity index (χ1) is 8.65. The molecule has 100 valence electrons. The van der Waals surface area contributed by atoms with Gasteiger partial charge in [-0.25, -0.2) is 0 Å². The van der Waals surface area contributed by atoms with Gasteiger partial charge >= 0.3 is 0 Å². The molecule has 1 saturated heterocycles. The molecule has 1 aromatic carbocycles. The standard InChI is InChI=1S/C16H26N2/c1-13(2)17-16-9-10-18(11-14(16)3)12-15-7-5-4-6-8-15/h4-8,13-14,16-17H,9-12H2,1-3H3/t14-,16-/m0/s1. The number of nitrogens with one attached hydrogen (secondary N) is 1. The highest BCUT2D eigenvalue weighted by atomic mass is 15.1. The molecule has 0 amide bonds. The summed E-state index contributed by atoms with van der Waals surface area (Å²) in [5.74, 6) is 0.741. The zero-order valence-corrected chi connectivity index (χ0v) is 11.9. The van der Waals surface area contributed by atoms with Gasteiger partial charge in [0.15, 0.2) is 0 Å². The SMILES string of the molecule is CC(C)N[C@H]1CCN(Cc2ccccc2)C[C@@H]1C. The summed E-state index contributed by atoms with van der Waals surface area (Å²) >= 11 is 0. The molecule has 0 aromatic heterocycles. The lowest BCUT2D eigenvalue weighted by molar-refractivity contribution is 0.137. The third-order valence-corrected chi connectivity index (χ3v) is 3.79. The summed E-state index contributed by atoms with van der Waals surface area (Å²) in [6.07, 6.45) is 1.27. The fourth-order valence-corrected chi connectivity index (χ4v) is 2.89. The fraction of sp³-hybridized carbons (Fsp3) is 0.625. The summed E-state index contributed by atoms with van der Waals surface area (Å²) in [6.45, 7) is 10.4. The molecular formula is C16H26N2. The highest BCUT2D eigenvalue weighted by Gasteiger charge is 2.25. The second-order valence-corrected chi connectivity index (χ2v) is 5.91. The van der Waals surface area contributed by atoms with E-state index in [0.29, 0.717) is 12.1 Å². The van der Waals surface area contributed by atoms with Crippen molar-refractivity contribution in [3.05, 3.63) is 35.9 Å². The Kier molecular flexibility index (Phi) is 4.79. The van der Waals surface area contributed by atoms with Crippen molar-refractivity contribution in [2.45, 2.75) is 45.8 Å². The molecule has 0 saturated carbocycles. The van der Waals surface area contributed by atoms with Crippen LogP contribution in [0.1, 0.15) is 32.8 Å². The minimum Gasteiger partial charge on any atom is -0.311 e. The summed E-state index contributed by atoms with van der Waals surface area (Å²) < 4.78 is 0. The van der Waals surface area contributed by atoms with E-state index in [1.54, 1.807) is 0 Å². The van der Waals surface area contributed by atoms with E-state index in [9.17, 15) is 0 Å². The zero-order chi connectivity index (χ0) is 13.0. The molecule has 0 aliphatic carbocycles. The lowest BCUT2D eigenvalue weighted by atomic mass is 9.93. The predicted molar refractivity (Wildman–Crippen MR) is 77.6 cm³/mol. The molecule has 0 bridgehead atoms. The van der Waals surface area contributed by atoms with Crippen molar-refractivity contribution in [3.8, 4) is 0 Å². The Hall–Kier alpha value is -0.860. The van der Waals surface area contributed by atoms with Crippen molar-refractivity contribution in [2.24, 2.45) is 5.92 Å². The topological polar surface area (TPSA) is 15.3 Å². The van der Waals surface area contributed by atoms with E-state index < -0.39 is 0 Å². The second kappa shape index (κ2) is 6.35. The van der Waals surface area contributed by atoms with Gasteiger partial charge in [-0.2, -0.15) is 0 Å². The minimum atomic E-state index is 0.595. The number of likely N-dealkylation sites (tertiary alicyclic amines) is 1. The largest absolute Gasteiger partial charge is 0.311 e. The molecule has 0 unspecified atom stereocenters. The third-order valence-electron chi connectivity index (χ3n) is 3.79. The van der Waals surface area contributed by atoms with Gasteiger partial charge in [0, 0.05) is 25.2 Å². The van der Waals surface area contributed by atoms with Crippen LogP contribution in [0, 0.1) is 5.92 Å². The summed E-state index contributed by atoms with van der Waals surface area (Å²) in [6, 6.07) is 12.1. The Morgan fingerprint density at radius 2 is 2.00 bits per heavy atom. The predicted octanol–water partition coefficient (Wildman–Crippen LogP) is 2.90. The molecule has 0 spiro atoms. The molecule has 1 aliphatic heterocycles. The number of rotatable bonds is 4. The highest BCUT2D eigenvalue weighted by Crippen LogP contribution is 2.19. The van der Waals surface area contributed by atoms with Crippen LogP contribution in [0.3, 0.4) is 0 Å². The molecule has 1 aromatic rings. The number of piperidine rings is 1. The van der Waals surface area contributed by atoms with Gasteiger partial charge < -0.3 is 5.32 Å². The molecule has 0 radical (unpaired) electrons. The number of hydrogen-bond donors (Lipinski definition) is 1. The molecule has 2 rings (SSSR count). The summed E-state index contributed by atoms with van der Waals surface area (Å²) in [5, 5.41) is 3.69. The third kappa shape index (κ3) is 3.82. The molecule has 1 heterocycles.